The number of thiazole rings is 1. The zero-order valence-electron chi connectivity index (χ0n) is 19.2. The van der Waals surface area contributed by atoms with Crippen LogP contribution in [0.25, 0.3) is 10.4 Å². The third-order valence-electron chi connectivity index (χ3n) is 6.06. The Hall–Kier alpha value is -2.20. The van der Waals surface area contributed by atoms with E-state index in [1.54, 1.807) is 19.1 Å². The van der Waals surface area contributed by atoms with E-state index in [1.807, 2.05) is 13.0 Å². The van der Waals surface area contributed by atoms with Crippen LogP contribution in [0.15, 0.2) is 41.3 Å². The van der Waals surface area contributed by atoms with Gasteiger partial charge in [-0.2, -0.15) is 0 Å². The van der Waals surface area contributed by atoms with Gasteiger partial charge in [0.15, 0.2) is 5.13 Å². The van der Waals surface area contributed by atoms with Crippen LogP contribution in [-0.4, -0.2) is 32.7 Å². The van der Waals surface area contributed by atoms with Gasteiger partial charge < -0.3 is 10.1 Å². The Bertz CT molecular complexity index is 1270. The summed E-state index contributed by atoms with van der Waals surface area (Å²) in [5.41, 5.74) is 1.81. The van der Waals surface area contributed by atoms with Gasteiger partial charge in [0.25, 0.3) is 10.0 Å². The van der Waals surface area contributed by atoms with Gasteiger partial charge in [0.2, 0.25) is 0 Å². The summed E-state index contributed by atoms with van der Waals surface area (Å²) in [6, 6.07) is 9.47. The molecule has 6 nitrogen and oxygen atoms in total. The minimum atomic E-state index is -4.08. The summed E-state index contributed by atoms with van der Waals surface area (Å²) >= 11 is 7.51. The number of ether oxygens (including phenoxy) is 1. The molecule has 1 fully saturated rings. The topological polar surface area (TPSA) is 80.3 Å². The molecular weight excluding hydrogens is 497 g/mol. The van der Waals surface area contributed by atoms with E-state index in [0.717, 1.165) is 53.4 Å². The molecule has 10 heteroatoms. The Balaban J connectivity index is 1.61. The molecule has 182 valence electrons. The van der Waals surface area contributed by atoms with Crippen LogP contribution >= 0.6 is 22.9 Å². The largest absolute Gasteiger partial charge is 0.381 e. The minimum absolute atomic E-state index is 0.00921. The van der Waals surface area contributed by atoms with E-state index in [2.05, 4.69) is 21.9 Å². The van der Waals surface area contributed by atoms with Crippen molar-refractivity contribution >= 4 is 43.8 Å². The van der Waals surface area contributed by atoms with Crippen molar-refractivity contribution in [2.45, 2.75) is 44.6 Å². The summed E-state index contributed by atoms with van der Waals surface area (Å²) in [5, 5.41) is 4.30. The number of aromatic nitrogens is 1. The summed E-state index contributed by atoms with van der Waals surface area (Å²) in [6.45, 7) is 7.32. The third kappa shape index (κ3) is 5.38. The smallest absolute Gasteiger partial charge is 0.262 e. The first-order valence-corrected chi connectivity index (χ1v) is 13.7. The standard InChI is InChI=1S/C24H27ClFN3O3S2/c1-14-7-8-18(13-21(14)34(30,31)29-22-19(25)5-4-6-20(22)26)23-16(3)28-24(33-23)27-15(2)17-9-11-32-12-10-17/h4-8,13,15,17,29H,9-12H2,1-3H3,(H,27,28). The Morgan fingerprint density at radius 1 is 1.21 bits per heavy atom. The van der Waals surface area contributed by atoms with Crippen molar-refractivity contribution in [3.63, 3.8) is 0 Å². The molecule has 0 bridgehead atoms. The lowest BCUT2D eigenvalue weighted by Crippen LogP contribution is -2.30. The second-order valence-electron chi connectivity index (χ2n) is 8.50. The van der Waals surface area contributed by atoms with Gasteiger partial charge in [0.05, 0.1) is 20.5 Å². The molecule has 2 N–H and O–H groups in total. The van der Waals surface area contributed by atoms with E-state index in [1.165, 1.54) is 23.5 Å². The average Bonchev–Trinajstić information content (AvgIpc) is 3.17. The van der Waals surface area contributed by atoms with Gasteiger partial charge in [-0.3, -0.25) is 4.72 Å². The SMILES string of the molecule is Cc1ccc(-c2sc(NC(C)C3CCOCC3)nc2C)cc1S(=O)(=O)Nc1c(F)cccc1Cl. The molecule has 0 amide bonds. The summed E-state index contributed by atoms with van der Waals surface area (Å²) < 4.78 is 48.3. The van der Waals surface area contributed by atoms with Crippen molar-refractivity contribution in [2.24, 2.45) is 5.92 Å². The number of halogens is 2. The Labute approximate surface area is 208 Å². The van der Waals surface area contributed by atoms with Crippen molar-refractivity contribution in [3.05, 3.63) is 58.5 Å². The molecule has 2 aromatic carbocycles. The van der Waals surface area contributed by atoms with Crippen LogP contribution in [0.4, 0.5) is 15.2 Å². The zero-order chi connectivity index (χ0) is 24.5. The maximum atomic E-state index is 14.2. The maximum Gasteiger partial charge on any atom is 0.262 e. The first-order chi connectivity index (χ1) is 16.2. The van der Waals surface area contributed by atoms with Gasteiger partial charge in [0, 0.05) is 19.3 Å². The number of sulfonamides is 1. The highest BCUT2D eigenvalue weighted by atomic mass is 35.5. The highest BCUT2D eigenvalue weighted by Gasteiger charge is 2.24. The number of aryl methyl sites for hydroxylation is 2. The summed E-state index contributed by atoms with van der Waals surface area (Å²) in [5.74, 6) is -0.216. The number of anilines is 2. The molecule has 1 aromatic heterocycles. The van der Waals surface area contributed by atoms with Crippen LogP contribution in [0.1, 0.15) is 31.0 Å². The van der Waals surface area contributed by atoms with Crippen LogP contribution in [0.2, 0.25) is 5.02 Å². The van der Waals surface area contributed by atoms with Crippen LogP contribution in [0.3, 0.4) is 0 Å². The fraction of sp³-hybridized carbons (Fsp3) is 0.375. The second-order valence-corrected chi connectivity index (χ2v) is 11.6. The highest BCUT2D eigenvalue weighted by molar-refractivity contribution is 7.92. The monoisotopic (exact) mass is 523 g/mol. The lowest BCUT2D eigenvalue weighted by atomic mass is 9.93. The molecule has 0 aliphatic carbocycles. The Kier molecular flexibility index (Phi) is 7.47. The van der Waals surface area contributed by atoms with Gasteiger partial charge in [0.1, 0.15) is 11.5 Å². The van der Waals surface area contributed by atoms with E-state index in [0.29, 0.717) is 11.5 Å². The molecule has 34 heavy (non-hydrogen) atoms. The summed E-state index contributed by atoms with van der Waals surface area (Å²) in [4.78, 5) is 5.61. The Morgan fingerprint density at radius 2 is 1.94 bits per heavy atom. The Morgan fingerprint density at radius 3 is 2.65 bits per heavy atom. The van der Waals surface area contributed by atoms with Gasteiger partial charge in [-0.15, -0.1) is 0 Å². The van der Waals surface area contributed by atoms with Crippen molar-refractivity contribution in [1.29, 1.82) is 0 Å². The fourth-order valence-corrected chi connectivity index (χ4v) is 6.76. The number of benzene rings is 2. The normalized spacial score (nSPS) is 15.8. The molecule has 3 aromatic rings. The third-order valence-corrected chi connectivity index (χ3v) is 9.00. The van der Waals surface area contributed by atoms with Gasteiger partial charge in [-0.25, -0.2) is 17.8 Å². The van der Waals surface area contributed by atoms with E-state index in [4.69, 9.17) is 16.3 Å². The highest BCUT2D eigenvalue weighted by Crippen LogP contribution is 2.36. The molecular formula is C24H27ClFN3O3S2. The predicted octanol–water partition coefficient (Wildman–Crippen LogP) is 6.25. The van der Waals surface area contributed by atoms with Crippen LogP contribution in [0, 0.1) is 25.6 Å². The maximum absolute atomic E-state index is 14.2. The average molecular weight is 524 g/mol. The van der Waals surface area contributed by atoms with Crippen molar-refractivity contribution in [2.75, 3.05) is 23.3 Å². The molecule has 0 radical (unpaired) electrons. The van der Waals surface area contributed by atoms with Crippen LogP contribution < -0.4 is 10.0 Å². The number of nitrogens with zero attached hydrogens (tertiary/aromatic N) is 1. The van der Waals surface area contributed by atoms with Gasteiger partial charge >= 0.3 is 0 Å². The zero-order valence-corrected chi connectivity index (χ0v) is 21.6. The predicted molar refractivity (Wildman–Crippen MR) is 136 cm³/mol. The molecule has 2 heterocycles. The van der Waals surface area contributed by atoms with E-state index >= 15 is 0 Å². The second kappa shape index (κ2) is 10.2. The number of nitrogens with one attached hydrogen (secondary N) is 2. The molecule has 0 spiro atoms. The minimum Gasteiger partial charge on any atom is -0.381 e. The fourth-order valence-electron chi connectivity index (χ4n) is 4.07. The molecule has 4 rings (SSSR count). The molecule has 1 saturated heterocycles. The molecule has 0 saturated carbocycles. The van der Waals surface area contributed by atoms with Gasteiger partial charge in [-0.1, -0.05) is 41.1 Å². The lowest BCUT2D eigenvalue weighted by Gasteiger charge is -2.28. The molecule has 1 aliphatic heterocycles. The molecule has 1 atom stereocenters. The van der Waals surface area contributed by atoms with Crippen molar-refractivity contribution < 1.29 is 17.5 Å². The number of para-hydroxylation sites is 1. The number of rotatable bonds is 7. The van der Waals surface area contributed by atoms with Crippen molar-refractivity contribution in [1.82, 2.24) is 4.98 Å². The van der Waals surface area contributed by atoms with E-state index in [9.17, 15) is 12.8 Å². The quantitative estimate of drug-likeness (QED) is 0.383. The van der Waals surface area contributed by atoms with E-state index in [-0.39, 0.29) is 21.6 Å². The first-order valence-electron chi connectivity index (χ1n) is 11.1. The number of hydrogen-bond acceptors (Lipinski definition) is 6. The van der Waals surface area contributed by atoms with Crippen LogP contribution in [0.5, 0.6) is 0 Å². The summed E-state index contributed by atoms with van der Waals surface area (Å²) in [7, 11) is -4.08. The molecule has 1 aliphatic rings. The first kappa shape index (κ1) is 24.9. The van der Waals surface area contributed by atoms with Crippen LogP contribution in [-0.2, 0) is 14.8 Å². The summed E-state index contributed by atoms with van der Waals surface area (Å²) in [6.07, 6.45) is 2.03. The van der Waals surface area contributed by atoms with Gasteiger partial charge in [-0.05, 0) is 68.9 Å². The lowest BCUT2D eigenvalue weighted by molar-refractivity contribution is 0.0622. The van der Waals surface area contributed by atoms with Crippen molar-refractivity contribution in [3.8, 4) is 10.4 Å². The molecule has 1 unspecified atom stereocenters. The van der Waals surface area contributed by atoms with E-state index < -0.39 is 15.8 Å². The number of hydrogen-bond donors (Lipinski definition) is 2.